The number of aromatic nitrogens is 4. The quantitative estimate of drug-likeness (QED) is 0.618. The molecule has 0 spiro atoms. The average molecular weight is 274 g/mol. The Balaban J connectivity index is 1.63. The molecule has 0 N–H and O–H groups in total. The van der Waals surface area contributed by atoms with Gasteiger partial charge in [-0.2, -0.15) is 0 Å². The number of ketones is 1. The van der Waals surface area contributed by atoms with Crippen molar-refractivity contribution in [2.75, 3.05) is 5.75 Å². The first kappa shape index (κ1) is 12.3. The summed E-state index contributed by atoms with van der Waals surface area (Å²) >= 11 is 1.41. The summed E-state index contributed by atoms with van der Waals surface area (Å²) in [4.78, 5) is 12.0. The molecule has 1 aliphatic rings. The molecule has 5 nitrogen and oxygen atoms in total. The van der Waals surface area contributed by atoms with Crippen LogP contribution in [0.1, 0.15) is 34.8 Å². The molecule has 6 heteroatoms. The summed E-state index contributed by atoms with van der Waals surface area (Å²) in [7, 11) is 0. The molecular weight excluding hydrogens is 260 g/mol. The molecule has 0 bridgehead atoms. The van der Waals surface area contributed by atoms with Crippen molar-refractivity contribution in [3.8, 4) is 0 Å². The summed E-state index contributed by atoms with van der Waals surface area (Å²) in [6.45, 7) is 2.01. The van der Waals surface area contributed by atoms with E-state index in [4.69, 9.17) is 0 Å². The van der Waals surface area contributed by atoms with Crippen LogP contribution in [0.25, 0.3) is 0 Å². The summed E-state index contributed by atoms with van der Waals surface area (Å²) in [5, 5.41) is 12.3. The first-order valence-corrected chi connectivity index (χ1v) is 7.23. The number of hydrogen-bond acceptors (Lipinski definition) is 5. The number of thioether (sulfide) groups is 1. The van der Waals surface area contributed by atoms with Crippen LogP contribution in [0.15, 0.2) is 29.4 Å². The predicted octanol–water partition coefficient (Wildman–Crippen LogP) is 2.29. The second-order valence-corrected chi connectivity index (χ2v) is 5.66. The summed E-state index contributed by atoms with van der Waals surface area (Å²) in [6.07, 6.45) is 2.26. The highest BCUT2D eigenvalue weighted by molar-refractivity contribution is 7.99. The largest absolute Gasteiger partial charge is 0.293 e. The Morgan fingerprint density at radius 2 is 2.11 bits per heavy atom. The van der Waals surface area contributed by atoms with Gasteiger partial charge in [0, 0.05) is 5.56 Å². The molecule has 1 aliphatic carbocycles. The lowest BCUT2D eigenvalue weighted by Crippen LogP contribution is -2.05. The van der Waals surface area contributed by atoms with Gasteiger partial charge < -0.3 is 0 Å². The van der Waals surface area contributed by atoms with Crippen LogP contribution in [0.4, 0.5) is 0 Å². The van der Waals surface area contributed by atoms with E-state index in [0.29, 0.717) is 11.8 Å². The molecule has 1 heterocycles. The molecule has 0 aliphatic heterocycles. The normalized spacial score (nSPS) is 14.6. The standard InChI is InChI=1S/C13H14N4OS/c1-9-2-4-10(5-3-9)12(18)8-19-13-14-15-16-17(13)11-6-7-11/h2-5,11H,6-8H2,1H3. The minimum absolute atomic E-state index is 0.107. The lowest BCUT2D eigenvalue weighted by atomic mass is 10.1. The molecule has 2 aromatic rings. The SMILES string of the molecule is Cc1ccc(C(=O)CSc2nnnn2C2CC2)cc1. The topological polar surface area (TPSA) is 60.7 Å². The fraction of sp³-hybridized carbons (Fsp3) is 0.385. The fourth-order valence-electron chi connectivity index (χ4n) is 1.78. The maximum absolute atomic E-state index is 12.0. The third-order valence-electron chi connectivity index (χ3n) is 3.06. The monoisotopic (exact) mass is 274 g/mol. The molecule has 0 amide bonds. The van der Waals surface area contributed by atoms with Gasteiger partial charge in [-0.3, -0.25) is 4.79 Å². The highest BCUT2D eigenvalue weighted by Crippen LogP contribution is 2.36. The Bertz CT molecular complexity index is 589. The average Bonchev–Trinajstić information content (AvgIpc) is 3.16. The molecule has 0 saturated heterocycles. The third kappa shape index (κ3) is 2.84. The van der Waals surface area contributed by atoms with Crippen molar-refractivity contribution in [3.05, 3.63) is 35.4 Å². The van der Waals surface area contributed by atoms with Gasteiger partial charge >= 0.3 is 0 Å². The minimum atomic E-state index is 0.107. The van der Waals surface area contributed by atoms with Gasteiger partial charge in [-0.1, -0.05) is 41.6 Å². The van der Waals surface area contributed by atoms with Crippen LogP contribution in [0.2, 0.25) is 0 Å². The molecule has 3 rings (SSSR count). The Hall–Kier alpha value is -1.69. The molecule has 1 aromatic carbocycles. The van der Waals surface area contributed by atoms with E-state index in [1.807, 2.05) is 35.9 Å². The Kier molecular flexibility index (Phi) is 3.33. The predicted molar refractivity (Wildman–Crippen MR) is 72.3 cm³/mol. The van der Waals surface area contributed by atoms with Crippen molar-refractivity contribution in [2.24, 2.45) is 0 Å². The second kappa shape index (κ2) is 5.13. The highest BCUT2D eigenvalue weighted by atomic mass is 32.2. The number of aryl methyl sites for hydroxylation is 1. The summed E-state index contributed by atoms with van der Waals surface area (Å²) in [6, 6.07) is 8.06. The van der Waals surface area contributed by atoms with Gasteiger partial charge in [-0.15, -0.1) is 5.10 Å². The van der Waals surface area contributed by atoms with Crippen molar-refractivity contribution in [1.82, 2.24) is 20.2 Å². The van der Waals surface area contributed by atoms with E-state index in [9.17, 15) is 4.79 Å². The van der Waals surface area contributed by atoms with E-state index in [2.05, 4.69) is 15.5 Å². The van der Waals surface area contributed by atoms with Crippen molar-refractivity contribution in [3.63, 3.8) is 0 Å². The lowest BCUT2D eigenvalue weighted by molar-refractivity contribution is 0.102. The maximum atomic E-state index is 12.0. The summed E-state index contributed by atoms with van der Waals surface area (Å²) < 4.78 is 1.83. The van der Waals surface area contributed by atoms with Crippen molar-refractivity contribution in [1.29, 1.82) is 0 Å². The van der Waals surface area contributed by atoms with Crippen LogP contribution in [0.3, 0.4) is 0 Å². The van der Waals surface area contributed by atoms with Crippen molar-refractivity contribution in [2.45, 2.75) is 31.0 Å². The zero-order chi connectivity index (χ0) is 13.2. The third-order valence-corrected chi connectivity index (χ3v) is 3.99. The Morgan fingerprint density at radius 3 is 2.79 bits per heavy atom. The van der Waals surface area contributed by atoms with E-state index >= 15 is 0 Å². The number of carbonyl (C=O) groups is 1. The number of nitrogens with zero attached hydrogens (tertiary/aromatic N) is 4. The molecule has 98 valence electrons. The lowest BCUT2D eigenvalue weighted by Gasteiger charge is -2.02. The molecule has 1 fully saturated rings. The van der Waals surface area contributed by atoms with Crippen LogP contribution in [0.5, 0.6) is 0 Å². The zero-order valence-corrected chi connectivity index (χ0v) is 11.4. The number of rotatable bonds is 5. The number of hydrogen-bond donors (Lipinski definition) is 0. The molecule has 1 aromatic heterocycles. The van der Waals surface area contributed by atoms with Gasteiger partial charge in [0.2, 0.25) is 5.16 Å². The first-order valence-electron chi connectivity index (χ1n) is 6.24. The van der Waals surface area contributed by atoms with Crippen LogP contribution in [0, 0.1) is 6.92 Å². The minimum Gasteiger partial charge on any atom is -0.293 e. The molecular formula is C13H14N4OS. The van der Waals surface area contributed by atoms with Crippen LogP contribution >= 0.6 is 11.8 Å². The number of Topliss-reactive ketones (excluding diaryl/α,β-unsaturated/α-hetero) is 1. The molecule has 19 heavy (non-hydrogen) atoms. The van der Waals surface area contributed by atoms with E-state index < -0.39 is 0 Å². The number of benzene rings is 1. The molecule has 0 unspecified atom stereocenters. The van der Waals surface area contributed by atoms with E-state index in [1.165, 1.54) is 11.8 Å². The van der Waals surface area contributed by atoms with E-state index in [-0.39, 0.29) is 5.78 Å². The maximum Gasteiger partial charge on any atom is 0.210 e. The smallest absolute Gasteiger partial charge is 0.210 e. The number of tetrazole rings is 1. The van der Waals surface area contributed by atoms with Gasteiger partial charge in [0.15, 0.2) is 5.78 Å². The molecule has 0 atom stereocenters. The Labute approximate surface area is 115 Å². The van der Waals surface area contributed by atoms with Crippen molar-refractivity contribution >= 4 is 17.5 Å². The van der Waals surface area contributed by atoms with E-state index in [0.717, 1.165) is 29.1 Å². The second-order valence-electron chi connectivity index (χ2n) is 4.72. The zero-order valence-electron chi connectivity index (χ0n) is 10.6. The van der Waals surface area contributed by atoms with Gasteiger partial charge in [0.1, 0.15) is 0 Å². The first-order chi connectivity index (χ1) is 9.24. The summed E-state index contributed by atoms with van der Waals surface area (Å²) in [5.74, 6) is 0.478. The number of carbonyl (C=O) groups excluding carboxylic acids is 1. The fourth-order valence-corrected chi connectivity index (χ4v) is 2.62. The van der Waals surface area contributed by atoms with Crippen LogP contribution in [-0.4, -0.2) is 31.7 Å². The van der Waals surface area contributed by atoms with Gasteiger partial charge in [-0.05, 0) is 30.2 Å². The van der Waals surface area contributed by atoms with E-state index in [1.54, 1.807) is 0 Å². The van der Waals surface area contributed by atoms with Crippen molar-refractivity contribution < 1.29 is 4.79 Å². The van der Waals surface area contributed by atoms with Crippen LogP contribution in [-0.2, 0) is 0 Å². The highest BCUT2D eigenvalue weighted by Gasteiger charge is 2.28. The van der Waals surface area contributed by atoms with Gasteiger partial charge in [-0.25, -0.2) is 4.68 Å². The summed E-state index contributed by atoms with van der Waals surface area (Å²) in [5.41, 5.74) is 1.89. The van der Waals surface area contributed by atoms with Gasteiger partial charge in [0.25, 0.3) is 0 Å². The van der Waals surface area contributed by atoms with Crippen LogP contribution < -0.4 is 0 Å². The molecule has 0 radical (unpaired) electrons. The Morgan fingerprint density at radius 1 is 1.37 bits per heavy atom. The molecule has 1 saturated carbocycles. The van der Waals surface area contributed by atoms with Gasteiger partial charge in [0.05, 0.1) is 11.8 Å².